The lowest BCUT2D eigenvalue weighted by atomic mass is 10.1. The summed E-state index contributed by atoms with van der Waals surface area (Å²) in [6.45, 7) is 0. The molecular formula is C16H17N3O6S. The largest absolute Gasteiger partial charge is 0.481 e. The SMILES string of the molecule is NC(=O)N(NS(=O)(=O)Oc1ccccc1)c1ccccc1CCC(=O)O. The van der Waals surface area contributed by atoms with E-state index in [0.717, 1.165) is 0 Å². The Morgan fingerprint density at radius 1 is 1.08 bits per heavy atom. The number of amides is 2. The summed E-state index contributed by atoms with van der Waals surface area (Å²) in [5.41, 5.74) is 5.82. The topological polar surface area (TPSA) is 139 Å². The van der Waals surface area contributed by atoms with E-state index < -0.39 is 22.3 Å². The van der Waals surface area contributed by atoms with Crippen molar-refractivity contribution in [1.82, 2.24) is 4.83 Å². The molecule has 0 aliphatic heterocycles. The first-order valence-electron chi connectivity index (χ1n) is 7.44. The summed E-state index contributed by atoms with van der Waals surface area (Å²) >= 11 is 0. The average molecular weight is 379 g/mol. The van der Waals surface area contributed by atoms with Crippen LogP contribution in [0, 0.1) is 0 Å². The van der Waals surface area contributed by atoms with Gasteiger partial charge in [-0.2, -0.15) is 8.42 Å². The van der Waals surface area contributed by atoms with Crippen LogP contribution >= 0.6 is 0 Å². The van der Waals surface area contributed by atoms with E-state index in [1.54, 1.807) is 36.4 Å². The van der Waals surface area contributed by atoms with Gasteiger partial charge in [0.05, 0.1) is 5.69 Å². The van der Waals surface area contributed by atoms with Gasteiger partial charge in [0.15, 0.2) is 0 Å². The summed E-state index contributed by atoms with van der Waals surface area (Å²) in [6.07, 6.45) is -0.118. The molecule has 0 aliphatic carbocycles. The molecule has 138 valence electrons. The average Bonchev–Trinajstić information content (AvgIpc) is 2.58. The molecule has 2 aromatic rings. The van der Waals surface area contributed by atoms with Gasteiger partial charge in [0, 0.05) is 6.42 Å². The number of hydrogen-bond acceptors (Lipinski definition) is 5. The highest BCUT2D eigenvalue weighted by molar-refractivity contribution is 7.85. The number of carbonyl (C=O) groups excluding carboxylic acids is 1. The molecule has 0 fully saturated rings. The lowest BCUT2D eigenvalue weighted by Gasteiger charge is -2.23. The molecule has 2 aromatic carbocycles. The number of anilines is 1. The van der Waals surface area contributed by atoms with E-state index in [4.69, 9.17) is 15.0 Å². The molecule has 9 nitrogen and oxygen atoms in total. The molecular weight excluding hydrogens is 362 g/mol. The fourth-order valence-electron chi connectivity index (χ4n) is 2.13. The Balaban J connectivity index is 2.27. The summed E-state index contributed by atoms with van der Waals surface area (Å²) in [6, 6.07) is 12.8. The van der Waals surface area contributed by atoms with Gasteiger partial charge in [0.25, 0.3) is 0 Å². The summed E-state index contributed by atoms with van der Waals surface area (Å²) < 4.78 is 29.2. The first-order valence-corrected chi connectivity index (χ1v) is 8.85. The van der Waals surface area contributed by atoms with Gasteiger partial charge in [-0.25, -0.2) is 9.80 Å². The zero-order valence-electron chi connectivity index (χ0n) is 13.5. The minimum absolute atomic E-state index is 0.0450. The molecule has 0 aliphatic rings. The van der Waals surface area contributed by atoms with Crippen molar-refractivity contribution < 1.29 is 27.3 Å². The van der Waals surface area contributed by atoms with Crippen molar-refractivity contribution in [2.24, 2.45) is 5.73 Å². The molecule has 0 aromatic heterocycles. The molecule has 0 atom stereocenters. The lowest BCUT2D eigenvalue weighted by Crippen LogP contribution is -2.50. The maximum absolute atomic E-state index is 12.2. The highest BCUT2D eigenvalue weighted by Crippen LogP contribution is 2.21. The fraction of sp³-hybridized carbons (Fsp3) is 0.125. The number of aryl methyl sites for hydroxylation is 1. The monoisotopic (exact) mass is 379 g/mol. The van der Waals surface area contributed by atoms with Crippen molar-refractivity contribution in [2.75, 3.05) is 5.01 Å². The van der Waals surface area contributed by atoms with Gasteiger partial charge in [-0.05, 0) is 30.2 Å². The zero-order chi connectivity index (χ0) is 19.2. The van der Waals surface area contributed by atoms with E-state index in [2.05, 4.69) is 0 Å². The number of carboxylic acid groups (broad SMARTS) is 1. The number of carboxylic acids is 1. The number of urea groups is 1. The van der Waals surface area contributed by atoms with Crippen LogP contribution in [-0.2, 0) is 21.5 Å². The molecule has 0 radical (unpaired) electrons. The Morgan fingerprint density at radius 2 is 1.69 bits per heavy atom. The Kier molecular flexibility index (Phi) is 6.15. The molecule has 10 heteroatoms. The smallest absolute Gasteiger partial charge is 0.400 e. The molecule has 4 N–H and O–H groups in total. The number of aliphatic carboxylic acids is 1. The number of carbonyl (C=O) groups is 2. The summed E-state index contributed by atoms with van der Waals surface area (Å²) in [7, 11) is -4.42. The van der Waals surface area contributed by atoms with Gasteiger partial charge < -0.3 is 15.0 Å². The van der Waals surface area contributed by atoms with Gasteiger partial charge in [0.1, 0.15) is 5.75 Å². The van der Waals surface area contributed by atoms with Crippen molar-refractivity contribution in [3.05, 3.63) is 60.2 Å². The van der Waals surface area contributed by atoms with Gasteiger partial charge in [-0.1, -0.05) is 41.2 Å². The van der Waals surface area contributed by atoms with Crippen LogP contribution in [0.3, 0.4) is 0 Å². The first kappa shape index (κ1) is 19.2. The van der Waals surface area contributed by atoms with Crippen LogP contribution in [-0.4, -0.2) is 25.5 Å². The minimum Gasteiger partial charge on any atom is -0.481 e. The molecule has 2 rings (SSSR count). The van der Waals surface area contributed by atoms with Crippen LogP contribution in [0.5, 0.6) is 5.75 Å². The second-order valence-corrected chi connectivity index (χ2v) is 6.40. The Labute approximate surface area is 150 Å². The highest BCUT2D eigenvalue weighted by atomic mass is 32.2. The Hall–Kier alpha value is -3.11. The van der Waals surface area contributed by atoms with E-state index in [9.17, 15) is 18.0 Å². The maximum atomic E-state index is 12.2. The Morgan fingerprint density at radius 3 is 2.31 bits per heavy atom. The van der Waals surface area contributed by atoms with Crippen LogP contribution in [0.25, 0.3) is 0 Å². The molecule has 0 saturated carbocycles. The van der Waals surface area contributed by atoms with Crippen LogP contribution in [0.4, 0.5) is 10.5 Å². The van der Waals surface area contributed by atoms with E-state index >= 15 is 0 Å². The van der Waals surface area contributed by atoms with Gasteiger partial charge in [-0.15, -0.1) is 0 Å². The minimum atomic E-state index is -4.42. The fourth-order valence-corrected chi connectivity index (χ4v) is 2.94. The maximum Gasteiger partial charge on any atom is 0.400 e. The number of nitrogens with one attached hydrogen (secondary N) is 1. The third-order valence-corrected chi connectivity index (χ3v) is 4.03. The van der Waals surface area contributed by atoms with Gasteiger partial charge in [0.2, 0.25) is 0 Å². The van der Waals surface area contributed by atoms with E-state index in [0.29, 0.717) is 10.6 Å². The van der Waals surface area contributed by atoms with Crippen molar-refractivity contribution >= 4 is 28.0 Å². The number of para-hydroxylation sites is 2. The number of hydrogen-bond donors (Lipinski definition) is 3. The zero-order valence-corrected chi connectivity index (χ0v) is 14.3. The van der Waals surface area contributed by atoms with Gasteiger partial charge >= 0.3 is 22.3 Å². The molecule has 0 bridgehead atoms. The standard InChI is InChI=1S/C16H17N3O6S/c17-16(22)19(14-9-5-4-6-12(14)10-11-15(20)21)18-26(23,24)25-13-7-2-1-3-8-13/h1-9,18H,10-11H2,(H2,17,22)(H,20,21). The normalized spacial score (nSPS) is 10.9. The molecule has 2 amide bonds. The van der Waals surface area contributed by atoms with Crippen LogP contribution in [0.15, 0.2) is 54.6 Å². The van der Waals surface area contributed by atoms with Crippen LogP contribution in [0.1, 0.15) is 12.0 Å². The quantitative estimate of drug-likeness (QED) is 0.593. The lowest BCUT2D eigenvalue weighted by molar-refractivity contribution is -0.136. The number of primary amides is 1. The second-order valence-electron chi connectivity index (χ2n) is 5.14. The molecule has 0 unspecified atom stereocenters. The summed E-state index contributed by atoms with van der Waals surface area (Å²) in [4.78, 5) is 24.5. The number of nitrogens with zero attached hydrogens (tertiary/aromatic N) is 1. The molecule has 0 saturated heterocycles. The molecule has 0 heterocycles. The van der Waals surface area contributed by atoms with Gasteiger partial charge in [-0.3, -0.25) is 4.79 Å². The summed E-state index contributed by atoms with van der Waals surface area (Å²) in [5, 5.41) is 9.42. The third kappa shape index (κ3) is 5.46. The van der Waals surface area contributed by atoms with Crippen molar-refractivity contribution in [2.45, 2.75) is 12.8 Å². The highest BCUT2D eigenvalue weighted by Gasteiger charge is 2.24. The van der Waals surface area contributed by atoms with Crippen molar-refractivity contribution in [1.29, 1.82) is 0 Å². The molecule has 26 heavy (non-hydrogen) atoms. The Bertz CT molecular complexity index is 886. The van der Waals surface area contributed by atoms with E-state index in [1.807, 2.05) is 4.83 Å². The van der Waals surface area contributed by atoms with E-state index in [1.165, 1.54) is 18.2 Å². The summed E-state index contributed by atoms with van der Waals surface area (Å²) in [5.74, 6) is -0.984. The van der Waals surface area contributed by atoms with Crippen LogP contribution in [0.2, 0.25) is 0 Å². The molecule has 0 spiro atoms. The third-order valence-electron chi connectivity index (χ3n) is 3.21. The number of benzene rings is 2. The number of rotatable bonds is 8. The predicted octanol–water partition coefficient (Wildman–Crippen LogP) is 1.42. The number of hydrazine groups is 1. The second kappa shape index (κ2) is 8.32. The van der Waals surface area contributed by atoms with Crippen molar-refractivity contribution in [3.63, 3.8) is 0 Å². The predicted molar refractivity (Wildman–Crippen MR) is 93.6 cm³/mol. The first-order chi connectivity index (χ1) is 12.3. The van der Waals surface area contributed by atoms with Crippen LogP contribution < -0.4 is 19.8 Å². The number of nitrogens with two attached hydrogens (primary N) is 1. The van der Waals surface area contributed by atoms with Crippen molar-refractivity contribution in [3.8, 4) is 5.75 Å². The van der Waals surface area contributed by atoms with E-state index in [-0.39, 0.29) is 24.3 Å².